The summed E-state index contributed by atoms with van der Waals surface area (Å²) in [5, 5.41) is 11.0. The number of amides is 1. The van der Waals surface area contributed by atoms with Gasteiger partial charge in [-0.25, -0.2) is 13.1 Å². The van der Waals surface area contributed by atoms with E-state index in [9.17, 15) is 18.0 Å². The van der Waals surface area contributed by atoms with E-state index in [1.54, 1.807) is 13.0 Å². The van der Waals surface area contributed by atoms with Crippen LogP contribution in [0.1, 0.15) is 18.4 Å². The lowest BCUT2D eigenvalue weighted by molar-refractivity contribution is -0.138. The summed E-state index contributed by atoms with van der Waals surface area (Å²) in [5.41, 5.74) is 1.03. The number of hydrogen-bond donors (Lipinski definition) is 3. The number of carboxylic acids is 1. The Bertz CT molecular complexity index is 625. The number of benzene rings is 1. The van der Waals surface area contributed by atoms with E-state index < -0.39 is 21.9 Å². The molecule has 1 amide bonds. The van der Waals surface area contributed by atoms with Crippen LogP contribution < -0.4 is 10.0 Å². The normalized spacial score (nSPS) is 11.1. The quantitative estimate of drug-likeness (QED) is 0.716. The van der Waals surface area contributed by atoms with E-state index in [0.29, 0.717) is 11.3 Å². The minimum absolute atomic E-state index is 0.0270. The van der Waals surface area contributed by atoms with Crippen molar-refractivity contribution < 1.29 is 23.1 Å². The average molecular weight is 300 g/mol. The van der Waals surface area contributed by atoms with Crippen LogP contribution in [0, 0.1) is 6.92 Å². The van der Waals surface area contributed by atoms with Gasteiger partial charge in [-0.15, -0.1) is 0 Å². The van der Waals surface area contributed by atoms with E-state index in [1.165, 1.54) is 19.2 Å². The number of sulfonamides is 1. The summed E-state index contributed by atoms with van der Waals surface area (Å²) in [6.45, 7) is 1.71. The van der Waals surface area contributed by atoms with Gasteiger partial charge in [-0.3, -0.25) is 9.59 Å². The third-order valence-electron chi connectivity index (χ3n) is 2.63. The Morgan fingerprint density at radius 2 is 1.90 bits per heavy atom. The highest BCUT2D eigenvalue weighted by molar-refractivity contribution is 7.89. The molecule has 0 fully saturated rings. The van der Waals surface area contributed by atoms with Crippen LogP contribution in [0.5, 0.6) is 0 Å². The molecule has 0 heterocycles. The SMILES string of the molecule is CNS(=O)(=O)c1ccc(C)c(NC(=O)CCC(=O)O)c1. The fourth-order valence-corrected chi connectivity index (χ4v) is 2.21. The molecule has 0 radical (unpaired) electrons. The maximum absolute atomic E-state index is 11.7. The van der Waals surface area contributed by atoms with Gasteiger partial charge in [-0.1, -0.05) is 6.07 Å². The molecular formula is C12H16N2O5S. The van der Waals surface area contributed by atoms with Crippen LogP contribution in [0.3, 0.4) is 0 Å². The van der Waals surface area contributed by atoms with Gasteiger partial charge in [0.05, 0.1) is 11.3 Å². The number of anilines is 1. The summed E-state index contributed by atoms with van der Waals surface area (Å²) in [7, 11) is -2.30. The third-order valence-corrected chi connectivity index (χ3v) is 4.04. The van der Waals surface area contributed by atoms with Crippen molar-refractivity contribution in [1.29, 1.82) is 0 Å². The van der Waals surface area contributed by atoms with Gasteiger partial charge in [0.2, 0.25) is 15.9 Å². The van der Waals surface area contributed by atoms with Gasteiger partial charge in [0.25, 0.3) is 0 Å². The van der Waals surface area contributed by atoms with Gasteiger partial charge in [0.1, 0.15) is 0 Å². The maximum atomic E-state index is 11.7. The number of carbonyl (C=O) groups excluding carboxylic acids is 1. The third kappa shape index (κ3) is 4.32. The molecule has 0 spiro atoms. The topological polar surface area (TPSA) is 113 Å². The molecule has 0 aliphatic rings. The fourth-order valence-electron chi connectivity index (χ4n) is 1.45. The highest BCUT2D eigenvalue weighted by Crippen LogP contribution is 2.20. The van der Waals surface area contributed by atoms with E-state index in [4.69, 9.17) is 5.11 Å². The molecule has 0 bridgehead atoms. The second-order valence-corrected chi connectivity index (χ2v) is 6.01. The van der Waals surface area contributed by atoms with Crippen LogP contribution in [0.25, 0.3) is 0 Å². The lowest BCUT2D eigenvalue weighted by atomic mass is 10.2. The van der Waals surface area contributed by atoms with Crippen molar-refractivity contribution in [3.8, 4) is 0 Å². The van der Waals surface area contributed by atoms with E-state index in [-0.39, 0.29) is 17.7 Å². The minimum Gasteiger partial charge on any atom is -0.481 e. The van der Waals surface area contributed by atoms with E-state index in [1.807, 2.05) is 0 Å². The minimum atomic E-state index is -3.59. The molecule has 0 saturated carbocycles. The summed E-state index contributed by atoms with van der Waals surface area (Å²) in [4.78, 5) is 22.0. The molecule has 20 heavy (non-hydrogen) atoms. The number of carbonyl (C=O) groups is 2. The molecule has 1 aromatic rings. The smallest absolute Gasteiger partial charge is 0.303 e. The number of aliphatic carboxylic acids is 1. The van der Waals surface area contributed by atoms with Crippen LogP contribution in [0.2, 0.25) is 0 Å². The second kappa shape index (κ2) is 6.49. The van der Waals surface area contributed by atoms with Crippen molar-refractivity contribution in [1.82, 2.24) is 4.72 Å². The number of rotatable bonds is 6. The molecular weight excluding hydrogens is 284 g/mol. The lowest BCUT2D eigenvalue weighted by Crippen LogP contribution is -2.19. The van der Waals surface area contributed by atoms with Gasteiger partial charge in [-0.05, 0) is 31.7 Å². The van der Waals surface area contributed by atoms with Crippen molar-refractivity contribution in [2.45, 2.75) is 24.7 Å². The molecule has 0 aliphatic heterocycles. The summed E-state index contributed by atoms with van der Waals surface area (Å²) in [5.74, 6) is -1.54. The molecule has 7 nitrogen and oxygen atoms in total. The first-order chi connectivity index (χ1) is 9.26. The predicted octanol–water partition coefficient (Wildman–Crippen LogP) is 0.706. The van der Waals surface area contributed by atoms with E-state index in [2.05, 4.69) is 10.0 Å². The highest BCUT2D eigenvalue weighted by Gasteiger charge is 2.14. The van der Waals surface area contributed by atoms with Crippen molar-refractivity contribution in [2.24, 2.45) is 0 Å². The van der Waals surface area contributed by atoms with Crippen LogP contribution in [-0.4, -0.2) is 32.4 Å². The summed E-state index contributed by atoms with van der Waals surface area (Å²) in [6.07, 6.45) is -0.447. The van der Waals surface area contributed by atoms with Crippen molar-refractivity contribution >= 4 is 27.6 Å². The maximum Gasteiger partial charge on any atom is 0.303 e. The van der Waals surface area contributed by atoms with Gasteiger partial charge in [0, 0.05) is 12.1 Å². The Morgan fingerprint density at radius 3 is 2.45 bits per heavy atom. The first-order valence-corrected chi connectivity index (χ1v) is 7.30. The zero-order valence-electron chi connectivity index (χ0n) is 11.1. The Hall–Kier alpha value is -1.93. The number of nitrogens with one attached hydrogen (secondary N) is 2. The largest absolute Gasteiger partial charge is 0.481 e. The lowest BCUT2D eigenvalue weighted by Gasteiger charge is -2.10. The average Bonchev–Trinajstić information content (AvgIpc) is 2.38. The Kier molecular flexibility index (Phi) is 5.23. The van der Waals surface area contributed by atoms with E-state index in [0.717, 1.165) is 0 Å². The zero-order valence-corrected chi connectivity index (χ0v) is 12.0. The summed E-state index contributed by atoms with van der Waals surface area (Å²) >= 11 is 0. The molecule has 0 aliphatic carbocycles. The van der Waals surface area contributed by atoms with Crippen LogP contribution in [0.4, 0.5) is 5.69 Å². The highest BCUT2D eigenvalue weighted by atomic mass is 32.2. The molecule has 110 valence electrons. The standard InChI is InChI=1S/C12H16N2O5S/c1-8-3-4-9(20(18,19)13-2)7-10(8)14-11(15)5-6-12(16)17/h3-4,7,13H,5-6H2,1-2H3,(H,14,15)(H,16,17). The Balaban J connectivity index is 2.93. The van der Waals surface area contributed by atoms with E-state index >= 15 is 0 Å². The predicted molar refractivity (Wildman–Crippen MR) is 72.9 cm³/mol. The van der Waals surface area contributed by atoms with Crippen LogP contribution in [0.15, 0.2) is 23.1 Å². The Labute approximate surface area is 117 Å². The molecule has 3 N–H and O–H groups in total. The molecule has 1 rings (SSSR count). The first kappa shape index (κ1) is 16.1. The van der Waals surface area contributed by atoms with Gasteiger partial charge < -0.3 is 10.4 Å². The zero-order chi connectivity index (χ0) is 15.3. The number of hydrogen-bond acceptors (Lipinski definition) is 4. The number of carboxylic acid groups (broad SMARTS) is 1. The fraction of sp³-hybridized carbons (Fsp3) is 0.333. The van der Waals surface area contributed by atoms with Crippen LogP contribution >= 0.6 is 0 Å². The first-order valence-electron chi connectivity index (χ1n) is 5.82. The van der Waals surface area contributed by atoms with Gasteiger partial charge in [0.15, 0.2) is 0 Å². The van der Waals surface area contributed by atoms with Crippen molar-refractivity contribution in [3.63, 3.8) is 0 Å². The van der Waals surface area contributed by atoms with Crippen LogP contribution in [-0.2, 0) is 19.6 Å². The molecule has 1 aromatic carbocycles. The summed E-state index contributed by atoms with van der Waals surface area (Å²) < 4.78 is 25.5. The monoisotopic (exact) mass is 300 g/mol. The molecule has 8 heteroatoms. The van der Waals surface area contributed by atoms with Crippen molar-refractivity contribution in [2.75, 3.05) is 12.4 Å². The van der Waals surface area contributed by atoms with Gasteiger partial charge in [-0.2, -0.15) is 0 Å². The molecule has 0 aromatic heterocycles. The van der Waals surface area contributed by atoms with Crippen molar-refractivity contribution in [3.05, 3.63) is 23.8 Å². The molecule has 0 saturated heterocycles. The second-order valence-electron chi connectivity index (χ2n) is 4.13. The Morgan fingerprint density at radius 1 is 1.25 bits per heavy atom. The molecule has 0 atom stereocenters. The number of aryl methyl sites for hydroxylation is 1. The molecule has 0 unspecified atom stereocenters. The van der Waals surface area contributed by atoms with Gasteiger partial charge >= 0.3 is 5.97 Å². The summed E-state index contributed by atoms with van der Waals surface area (Å²) in [6, 6.07) is 4.32.